The van der Waals surface area contributed by atoms with Crippen LogP contribution in [0.3, 0.4) is 0 Å². The van der Waals surface area contributed by atoms with Gasteiger partial charge in [0.2, 0.25) is 5.78 Å². The molecule has 102 valence electrons. The van der Waals surface area contributed by atoms with Crippen molar-refractivity contribution in [2.24, 2.45) is 0 Å². The molecule has 1 aromatic rings. The third-order valence-electron chi connectivity index (χ3n) is 3.13. The topological polar surface area (TPSA) is 35.5 Å². The number of ether oxygens (including phenoxy) is 2. The quantitative estimate of drug-likeness (QED) is 0.759. The van der Waals surface area contributed by atoms with E-state index in [1.807, 2.05) is 24.3 Å². The van der Waals surface area contributed by atoms with Gasteiger partial charge >= 0.3 is 0 Å². The van der Waals surface area contributed by atoms with E-state index in [2.05, 4.69) is 6.92 Å². The van der Waals surface area contributed by atoms with Crippen molar-refractivity contribution in [1.29, 1.82) is 0 Å². The summed E-state index contributed by atoms with van der Waals surface area (Å²) in [6.45, 7) is 6.43. The number of rotatable bonds is 5. The van der Waals surface area contributed by atoms with Crippen LogP contribution in [-0.4, -0.2) is 18.0 Å². The van der Waals surface area contributed by atoms with Gasteiger partial charge in [0.15, 0.2) is 5.60 Å². The minimum atomic E-state index is -0.744. The molecule has 0 bridgehead atoms. The molecule has 0 spiro atoms. The van der Waals surface area contributed by atoms with Crippen LogP contribution < -0.4 is 4.74 Å². The van der Waals surface area contributed by atoms with Gasteiger partial charge in [-0.15, -0.1) is 0 Å². The SMILES string of the molecule is CCCCOc1ccc(C2=CC(=O)C(C)(C)O2)cc1. The standard InChI is InChI=1S/C16H20O3/c1-4-5-10-18-13-8-6-12(7-9-13)14-11-15(17)16(2,3)19-14/h6-9,11H,4-5,10H2,1-3H3. The Bertz CT molecular complexity index is 483. The maximum absolute atomic E-state index is 11.7. The number of benzene rings is 1. The molecular formula is C16H20O3. The number of carbonyl (C=O) groups excluding carboxylic acids is 1. The van der Waals surface area contributed by atoms with Gasteiger partial charge in [-0.2, -0.15) is 0 Å². The van der Waals surface area contributed by atoms with Crippen LogP contribution in [0.4, 0.5) is 0 Å². The summed E-state index contributed by atoms with van der Waals surface area (Å²) in [6.07, 6.45) is 3.74. The van der Waals surface area contributed by atoms with Crippen LogP contribution in [0, 0.1) is 0 Å². The Hall–Kier alpha value is -1.77. The van der Waals surface area contributed by atoms with Crippen molar-refractivity contribution in [3.63, 3.8) is 0 Å². The molecule has 0 saturated carbocycles. The van der Waals surface area contributed by atoms with Gasteiger partial charge in [0.25, 0.3) is 0 Å². The van der Waals surface area contributed by atoms with Crippen LogP contribution in [0.25, 0.3) is 5.76 Å². The zero-order valence-electron chi connectivity index (χ0n) is 11.7. The molecule has 0 fully saturated rings. The Morgan fingerprint density at radius 1 is 1.21 bits per heavy atom. The Morgan fingerprint density at radius 3 is 2.42 bits per heavy atom. The Labute approximate surface area is 114 Å². The van der Waals surface area contributed by atoms with E-state index in [0.717, 1.165) is 30.8 Å². The van der Waals surface area contributed by atoms with Gasteiger partial charge in [0.1, 0.15) is 11.5 Å². The van der Waals surface area contributed by atoms with Gasteiger partial charge < -0.3 is 9.47 Å². The largest absolute Gasteiger partial charge is 0.494 e. The fourth-order valence-electron chi connectivity index (χ4n) is 1.84. The highest BCUT2D eigenvalue weighted by Crippen LogP contribution is 2.31. The minimum Gasteiger partial charge on any atom is -0.494 e. The second kappa shape index (κ2) is 5.47. The van der Waals surface area contributed by atoms with Crippen LogP contribution in [0.5, 0.6) is 5.75 Å². The minimum absolute atomic E-state index is 0.00534. The van der Waals surface area contributed by atoms with E-state index in [4.69, 9.17) is 9.47 Å². The zero-order chi connectivity index (χ0) is 13.9. The van der Waals surface area contributed by atoms with Crippen molar-refractivity contribution < 1.29 is 14.3 Å². The van der Waals surface area contributed by atoms with Crippen molar-refractivity contribution in [3.05, 3.63) is 35.9 Å². The molecule has 0 aromatic heterocycles. The predicted octanol–water partition coefficient (Wildman–Crippen LogP) is 3.58. The molecule has 0 radical (unpaired) electrons. The summed E-state index contributed by atoms with van der Waals surface area (Å²) < 4.78 is 11.3. The maximum atomic E-state index is 11.7. The third kappa shape index (κ3) is 3.16. The summed E-state index contributed by atoms with van der Waals surface area (Å²) in [4.78, 5) is 11.7. The Balaban J connectivity index is 2.03. The first-order valence-corrected chi connectivity index (χ1v) is 6.71. The second-order valence-electron chi connectivity index (χ2n) is 5.21. The van der Waals surface area contributed by atoms with Crippen LogP contribution in [0.15, 0.2) is 30.3 Å². The first kappa shape index (κ1) is 13.7. The fourth-order valence-corrected chi connectivity index (χ4v) is 1.84. The molecule has 0 aliphatic carbocycles. The molecule has 3 heteroatoms. The van der Waals surface area contributed by atoms with Gasteiger partial charge in [-0.1, -0.05) is 13.3 Å². The van der Waals surface area contributed by atoms with Gasteiger partial charge in [0, 0.05) is 11.6 Å². The lowest BCUT2D eigenvalue weighted by Crippen LogP contribution is -2.27. The first-order chi connectivity index (χ1) is 9.03. The molecule has 0 saturated heterocycles. The highest BCUT2D eigenvalue weighted by atomic mass is 16.5. The van der Waals surface area contributed by atoms with Crippen molar-refractivity contribution >= 4 is 11.5 Å². The molecule has 1 aromatic carbocycles. The highest BCUT2D eigenvalue weighted by Gasteiger charge is 2.35. The smallest absolute Gasteiger partial charge is 0.202 e. The Kier molecular flexibility index (Phi) is 3.93. The molecule has 1 heterocycles. The van der Waals surface area contributed by atoms with Crippen LogP contribution in [0.1, 0.15) is 39.2 Å². The molecule has 2 rings (SSSR count). The van der Waals surface area contributed by atoms with Crippen LogP contribution >= 0.6 is 0 Å². The van der Waals surface area contributed by atoms with E-state index in [-0.39, 0.29) is 5.78 Å². The van der Waals surface area contributed by atoms with Crippen molar-refractivity contribution in [3.8, 4) is 5.75 Å². The lowest BCUT2D eigenvalue weighted by atomic mass is 10.1. The number of hydrogen-bond acceptors (Lipinski definition) is 3. The normalized spacial score (nSPS) is 17.0. The van der Waals surface area contributed by atoms with Crippen molar-refractivity contribution in [1.82, 2.24) is 0 Å². The molecule has 1 aliphatic heterocycles. The van der Waals surface area contributed by atoms with E-state index in [1.54, 1.807) is 19.9 Å². The number of ketones is 1. The first-order valence-electron chi connectivity index (χ1n) is 6.71. The van der Waals surface area contributed by atoms with Crippen molar-refractivity contribution in [2.75, 3.05) is 6.61 Å². The Morgan fingerprint density at radius 2 is 1.89 bits per heavy atom. The molecule has 1 aliphatic rings. The predicted molar refractivity (Wildman–Crippen MR) is 75.0 cm³/mol. The monoisotopic (exact) mass is 260 g/mol. The molecule has 0 unspecified atom stereocenters. The molecule has 0 N–H and O–H groups in total. The van der Waals surface area contributed by atoms with E-state index >= 15 is 0 Å². The van der Waals surface area contributed by atoms with Crippen molar-refractivity contribution in [2.45, 2.75) is 39.2 Å². The molecule has 0 amide bonds. The maximum Gasteiger partial charge on any atom is 0.202 e. The van der Waals surface area contributed by atoms with Gasteiger partial charge in [-0.3, -0.25) is 4.79 Å². The number of unbranched alkanes of at least 4 members (excludes halogenated alkanes) is 1. The van der Waals surface area contributed by atoms with E-state index in [1.165, 1.54) is 0 Å². The number of carbonyl (C=O) groups is 1. The fraction of sp³-hybridized carbons (Fsp3) is 0.438. The summed E-state index contributed by atoms with van der Waals surface area (Å²) in [7, 11) is 0. The summed E-state index contributed by atoms with van der Waals surface area (Å²) in [5, 5.41) is 0. The van der Waals surface area contributed by atoms with E-state index < -0.39 is 5.60 Å². The van der Waals surface area contributed by atoms with Gasteiger partial charge in [-0.25, -0.2) is 0 Å². The molecule has 0 atom stereocenters. The number of hydrogen-bond donors (Lipinski definition) is 0. The summed E-state index contributed by atoms with van der Waals surface area (Å²) in [5.41, 5.74) is 0.160. The molecule has 3 nitrogen and oxygen atoms in total. The van der Waals surface area contributed by atoms with E-state index in [0.29, 0.717) is 5.76 Å². The zero-order valence-corrected chi connectivity index (χ0v) is 11.7. The third-order valence-corrected chi connectivity index (χ3v) is 3.13. The summed E-state index contributed by atoms with van der Waals surface area (Å²) in [5.74, 6) is 1.49. The van der Waals surface area contributed by atoms with Crippen LogP contribution in [-0.2, 0) is 9.53 Å². The second-order valence-corrected chi connectivity index (χ2v) is 5.21. The van der Waals surface area contributed by atoms with Crippen LogP contribution in [0.2, 0.25) is 0 Å². The molecular weight excluding hydrogens is 240 g/mol. The summed E-state index contributed by atoms with van der Waals surface area (Å²) in [6, 6.07) is 7.65. The lowest BCUT2D eigenvalue weighted by molar-refractivity contribution is -0.125. The van der Waals surface area contributed by atoms with Gasteiger partial charge in [0.05, 0.1) is 6.61 Å². The average molecular weight is 260 g/mol. The van der Waals surface area contributed by atoms with E-state index in [9.17, 15) is 4.79 Å². The van der Waals surface area contributed by atoms with Gasteiger partial charge in [-0.05, 0) is 44.5 Å². The summed E-state index contributed by atoms with van der Waals surface area (Å²) >= 11 is 0. The lowest BCUT2D eigenvalue weighted by Gasteiger charge is -2.18. The highest BCUT2D eigenvalue weighted by molar-refractivity contribution is 6.04. The molecule has 19 heavy (non-hydrogen) atoms. The average Bonchev–Trinajstić information content (AvgIpc) is 2.65.